The smallest absolute Gasteiger partial charge is 0.00465 e. The maximum absolute atomic E-state index is 3.62. The van der Waals surface area contributed by atoms with E-state index in [1.54, 1.807) is 0 Å². The van der Waals surface area contributed by atoms with Crippen LogP contribution in [-0.2, 0) is 0 Å². The summed E-state index contributed by atoms with van der Waals surface area (Å²) in [5.74, 6) is 2.56. The summed E-state index contributed by atoms with van der Waals surface area (Å²) in [5.41, 5.74) is 0. The average Bonchev–Trinajstić information content (AvgIpc) is 2.28. The van der Waals surface area contributed by atoms with E-state index in [2.05, 4.69) is 26.1 Å². The predicted molar refractivity (Wildman–Crippen MR) is 78.5 cm³/mol. The highest BCUT2D eigenvalue weighted by atomic mass is 32.2. The second-order valence-electron chi connectivity index (χ2n) is 4.61. The molecule has 0 aliphatic carbocycles. The summed E-state index contributed by atoms with van der Waals surface area (Å²) in [4.78, 5) is 0. The lowest BCUT2D eigenvalue weighted by Crippen LogP contribution is -2.27. The minimum Gasteiger partial charge on any atom is -0.314 e. The van der Waals surface area contributed by atoms with Crippen molar-refractivity contribution in [3.05, 3.63) is 0 Å². The Balaban J connectivity index is 3.06. The van der Waals surface area contributed by atoms with E-state index in [0.717, 1.165) is 0 Å². The fourth-order valence-corrected chi connectivity index (χ4v) is 2.57. The third-order valence-corrected chi connectivity index (χ3v) is 3.86. The standard InChI is InChI=1S/C14H31NS/c1-4-6-7-8-9-10-12-15-14(3)11-13-16-5-2/h14-15H,4-13H2,1-3H3. The van der Waals surface area contributed by atoms with Gasteiger partial charge in [0, 0.05) is 6.04 Å². The highest BCUT2D eigenvalue weighted by Crippen LogP contribution is 2.06. The molecular formula is C14H31NS. The number of unbranched alkanes of at least 4 members (excludes halogenated alkanes) is 5. The molecule has 98 valence electrons. The molecule has 1 unspecified atom stereocenters. The molecule has 0 spiro atoms. The number of hydrogen-bond donors (Lipinski definition) is 1. The third kappa shape index (κ3) is 12.4. The Bertz CT molecular complexity index is 128. The Kier molecular flexibility index (Phi) is 13.6. The van der Waals surface area contributed by atoms with Crippen LogP contribution in [0.15, 0.2) is 0 Å². The molecule has 0 fully saturated rings. The molecule has 0 aromatic carbocycles. The van der Waals surface area contributed by atoms with Gasteiger partial charge in [0.2, 0.25) is 0 Å². The van der Waals surface area contributed by atoms with E-state index < -0.39 is 0 Å². The van der Waals surface area contributed by atoms with E-state index in [1.807, 2.05) is 11.8 Å². The van der Waals surface area contributed by atoms with Crippen molar-refractivity contribution in [3.63, 3.8) is 0 Å². The van der Waals surface area contributed by atoms with Crippen molar-refractivity contribution in [3.8, 4) is 0 Å². The van der Waals surface area contributed by atoms with Gasteiger partial charge in [0.05, 0.1) is 0 Å². The monoisotopic (exact) mass is 245 g/mol. The van der Waals surface area contributed by atoms with Crippen molar-refractivity contribution in [2.45, 2.75) is 71.8 Å². The predicted octanol–water partition coefficient (Wildman–Crippen LogP) is 4.47. The van der Waals surface area contributed by atoms with Crippen LogP contribution >= 0.6 is 11.8 Å². The first-order valence-corrected chi connectivity index (χ1v) is 8.27. The highest BCUT2D eigenvalue weighted by molar-refractivity contribution is 7.99. The molecule has 1 atom stereocenters. The molecule has 1 N–H and O–H groups in total. The Labute approximate surface area is 107 Å². The summed E-state index contributed by atoms with van der Waals surface area (Å²) < 4.78 is 0. The van der Waals surface area contributed by atoms with Crippen LogP contribution in [0.3, 0.4) is 0 Å². The zero-order valence-electron chi connectivity index (χ0n) is 11.6. The molecule has 0 rings (SSSR count). The third-order valence-electron chi connectivity index (χ3n) is 2.92. The van der Waals surface area contributed by atoms with Gasteiger partial charge in [-0.2, -0.15) is 11.8 Å². The normalized spacial score (nSPS) is 12.9. The average molecular weight is 245 g/mol. The van der Waals surface area contributed by atoms with Gasteiger partial charge in [-0.05, 0) is 37.8 Å². The van der Waals surface area contributed by atoms with Gasteiger partial charge in [-0.25, -0.2) is 0 Å². The Morgan fingerprint density at radius 1 is 1.00 bits per heavy atom. The lowest BCUT2D eigenvalue weighted by atomic mass is 10.1. The number of thioether (sulfide) groups is 1. The van der Waals surface area contributed by atoms with Gasteiger partial charge in [0.1, 0.15) is 0 Å². The van der Waals surface area contributed by atoms with E-state index in [1.165, 1.54) is 63.0 Å². The van der Waals surface area contributed by atoms with Crippen molar-refractivity contribution in [1.82, 2.24) is 5.32 Å². The number of hydrogen-bond acceptors (Lipinski definition) is 2. The topological polar surface area (TPSA) is 12.0 Å². The lowest BCUT2D eigenvalue weighted by Gasteiger charge is -2.13. The number of rotatable bonds is 12. The van der Waals surface area contributed by atoms with Gasteiger partial charge in [-0.1, -0.05) is 46.0 Å². The molecule has 0 bridgehead atoms. The fraction of sp³-hybridized carbons (Fsp3) is 1.00. The molecule has 0 aliphatic heterocycles. The molecule has 16 heavy (non-hydrogen) atoms. The maximum atomic E-state index is 3.62. The minimum absolute atomic E-state index is 0.703. The van der Waals surface area contributed by atoms with Crippen molar-refractivity contribution in [2.75, 3.05) is 18.1 Å². The lowest BCUT2D eigenvalue weighted by molar-refractivity contribution is 0.506. The van der Waals surface area contributed by atoms with Crippen LogP contribution in [-0.4, -0.2) is 24.1 Å². The van der Waals surface area contributed by atoms with Crippen LogP contribution in [0.4, 0.5) is 0 Å². The molecule has 0 saturated carbocycles. The van der Waals surface area contributed by atoms with Gasteiger partial charge in [0.25, 0.3) is 0 Å². The minimum atomic E-state index is 0.703. The van der Waals surface area contributed by atoms with Crippen molar-refractivity contribution >= 4 is 11.8 Å². The Morgan fingerprint density at radius 2 is 1.69 bits per heavy atom. The fourth-order valence-electron chi connectivity index (χ4n) is 1.76. The molecule has 0 aromatic heterocycles. The summed E-state index contributed by atoms with van der Waals surface area (Å²) >= 11 is 2.05. The Morgan fingerprint density at radius 3 is 2.38 bits per heavy atom. The van der Waals surface area contributed by atoms with Gasteiger partial charge >= 0.3 is 0 Å². The summed E-state index contributed by atoms with van der Waals surface area (Å²) in [6, 6.07) is 0.703. The van der Waals surface area contributed by atoms with Gasteiger partial charge in [0.15, 0.2) is 0 Å². The van der Waals surface area contributed by atoms with Gasteiger partial charge in [-0.3, -0.25) is 0 Å². The van der Waals surface area contributed by atoms with E-state index in [9.17, 15) is 0 Å². The van der Waals surface area contributed by atoms with Crippen LogP contribution in [0.5, 0.6) is 0 Å². The first kappa shape index (κ1) is 16.3. The summed E-state index contributed by atoms with van der Waals surface area (Å²) in [6.07, 6.45) is 9.70. The van der Waals surface area contributed by atoms with Crippen LogP contribution in [0.2, 0.25) is 0 Å². The summed E-state index contributed by atoms with van der Waals surface area (Å²) in [5, 5.41) is 3.62. The molecule has 0 radical (unpaired) electrons. The molecule has 2 heteroatoms. The molecular weight excluding hydrogens is 214 g/mol. The molecule has 0 amide bonds. The van der Waals surface area contributed by atoms with E-state index >= 15 is 0 Å². The molecule has 1 nitrogen and oxygen atoms in total. The molecule has 0 aliphatic rings. The number of nitrogens with one attached hydrogen (secondary N) is 1. The quantitative estimate of drug-likeness (QED) is 0.509. The van der Waals surface area contributed by atoms with Crippen LogP contribution in [0, 0.1) is 0 Å². The van der Waals surface area contributed by atoms with Crippen molar-refractivity contribution in [2.24, 2.45) is 0 Å². The van der Waals surface area contributed by atoms with Gasteiger partial charge < -0.3 is 5.32 Å². The largest absolute Gasteiger partial charge is 0.314 e. The van der Waals surface area contributed by atoms with E-state index in [0.29, 0.717) is 6.04 Å². The first-order valence-electron chi connectivity index (χ1n) is 7.12. The zero-order chi connectivity index (χ0) is 12.1. The van der Waals surface area contributed by atoms with E-state index in [-0.39, 0.29) is 0 Å². The first-order chi connectivity index (χ1) is 7.81. The van der Waals surface area contributed by atoms with Crippen LogP contribution in [0.25, 0.3) is 0 Å². The second-order valence-corrected chi connectivity index (χ2v) is 6.00. The van der Waals surface area contributed by atoms with Crippen LogP contribution in [0.1, 0.15) is 65.7 Å². The molecule has 0 saturated heterocycles. The molecule has 0 aromatic rings. The van der Waals surface area contributed by atoms with Crippen molar-refractivity contribution in [1.29, 1.82) is 0 Å². The highest BCUT2D eigenvalue weighted by Gasteiger charge is 1.99. The zero-order valence-corrected chi connectivity index (χ0v) is 12.4. The van der Waals surface area contributed by atoms with Crippen LogP contribution < -0.4 is 5.32 Å². The van der Waals surface area contributed by atoms with Gasteiger partial charge in [-0.15, -0.1) is 0 Å². The second kappa shape index (κ2) is 13.4. The van der Waals surface area contributed by atoms with E-state index in [4.69, 9.17) is 0 Å². The van der Waals surface area contributed by atoms with Crippen molar-refractivity contribution < 1.29 is 0 Å². The maximum Gasteiger partial charge on any atom is 0.00465 e. The Hall–Kier alpha value is 0.310. The summed E-state index contributed by atoms with van der Waals surface area (Å²) in [7, 11) is 0. The summed E-state index contributed by atoms with van der Waals surface area (Å²) in [6.45, 7) is 8.04. The molecule has 0 heterocycles. The SMILES string of the molecule is CCCCCCCCNC(C)CCSCC.